The molecule has 0 saturated heterocycles. The number of nitrogens with zero attached hydrogens (tertiary/aromatic N) is 3. The van der Waals surface area contributed by atoms with Crippen molar-refractivity contribution in [2.75, 3.05) is 5.32 Å². The van der Waals surface area contributed by atoms with Gasteiger partial charge in [0.05, 0.1) is 11.0 Å². The lowest BCUT2D eigenvalue weighted by Gasteiger charge is -2.00. The number of carbonyl (C=O) groups excluding carboxylic acids is 1. The lowest BCUT2D eigenvalue weighted by atomic mass is 10.2. The number of amides is 1. The van der Waals surface area contributed by atoms with Crippen LogP contribution in [0.15, 0.2) is 36.5 Å². The van der Waals surface area contributed by atoms with Gasteiger partial charge in [-0.05, 0) is 18.6 Å². The summed E-state index contributed by atoms with van der Waals surface area (Å²) in [7, 11) is 1.82. The highest BCUT2D eigenvalue weighted by Crippen LogP contribution is 2.12. The van der Waals surface area contributed by atoms with Gasteiger partial charge in [-0.1, -0.05) is 12.1 Å². The van der Waals surface area contributed by atoms with E-state index in [4.69, 9.17) is 0 Å². The van der Waals surface area contributed by atoms with Gasteiger partial charge in [-0.2, -0.15) is 5.10 Å². The molecular weight excluding hydrogens is 266 g/mol. The topological polar surface area (TPSA) is 75.6 Å². The molecule has 2 heterocycles. The van der Waals surface area contributed by atoms with Gasteiger partial charge in [0.15, 0.2) is 5.82 Å². The quantitative estimate of drug-likeness (QED) is 0.754. The molecule has 2 N–H and O–H groups in total. The molecule has 1 amide bonds. The second-order valence-corrected chi connectivity index (χ2v) is 4.98. The number of hydrogen-bond donors (Lipinski definition) is 2. The summed E-state index contributed by atoms with van der Waals surface area (Å²) < 4.78 is 1.66. The number of rotatable bonds is 5. The molecule has 6 heteroatoms. The number of aromatic nitrogens is 4. The summed E-state index contributed by atoms with van der Waals surface area (Å²) in [5.74, 6) is 1.48. The van der Waals surface area contributed by atoms with Gasteiger partial charge in [-0.15, -0.1) is 0 Å². The number of aryl methyl sites for hydroxylation is 2. The van der Waals surface area contributed by atoms with Crippen molar-refractivity contribution in [3.05, 3.63) is 42.4 Å². The number of nitrogens with one attached hydrogen (secondary N) is 2. The van der Waals surface area contributed by atoms with Crippen molar-refractivity contribution in [2.24, 2.45) is 7.05 Å². The zero-order valence-corrected chi connectivity index (χ0v) is 11.8. The van der Waals surface area contributed by atoms with Crippen LogP contribution in [0.4, 0.5) is 5.82 Å². The second kappa shape index (κ2) is 5.78. The van der Waals surface area contributed by atoms with E-state index in [9.17, 15) is 4.79 Å². The Hall–Kier alpha value is -2.63. The Labute approximate surface area is 122 Å². The molecule has 0 spiro atoms. The van der Waals surface area contributed by atoms with Crippen LogP contribution in [-0.4, -0.2) is 25.7 Å². The van der Waals surface area contributed by atoms with Crippen molar-refractivity contribution in [3.8, 4) is 0 Å². The zero-order chi connectivity index (χ0) is 14.7. The molecule has 2 aromatic heterocycles. The smallest absolute Gasteiger partial charge is 0.225 e. The van der Waals surface area contributed by atoms with Crippen LogP contribution < -0.4 is 5.32 Å². The zero-order valence-electron chi connectivity index (χ0n) is 11.8. The van der Waals surface area contributed by atoms with E-state index < -0.39 is 0 Å². The fourth-order valence-electron chi connectivity index (χ4n) is 2.23. The third-order valence-electron chi connectivity index (χ3n) is 3.24. The average Bonchev–Trinajstić information content (AvgIpc) is 3.04. The molecule has 0 bridgehead atoms. The predicted molar refractivity (Wildman–Crippen MR) is 80.9 cm³/mol. The SMILES string of the molecule is Cn1ccc(NC(=O)CCCc2nc3ccccc3[nH]2)n1. The lowest BCUT2D eigenvalue weighted by Crippen LogP contribution is -2.12. The van der Waals surface area contributed by atoms with E-state index >= 15 is 0 Å². The van der Waals surface area contributed by atoms with Gasteiger partial charge < -0.3 is 10.3 Å². The van der Waals surface area contributed by atoms with Gasteiger partial charge in [-0.25, -0.2) is 4.98 Å². The number of fused-ring (bicyclic) bond motifs is 1. The molecule has 6 nitrogen and oxygen atoms in total. The Balaban J connectivity index is 1.50. The van der Waals surface area contributed by atoms with E-state index in [1.807, 2.05) is 31.3 Å². The average molecular weight is 283 g/mol. The summed E-state index contributed by atoms with van der Waals surface area (Å²) in [6.07, 6.45) is 3.75. The molecule has 0 atom stereocenters. The number of aromatic amines is 1. The Kier molecular flexibility index (Phi) is 3.68. The fourth-order valence-corrected chi connectivity index (χ4v) is 2.23. The van der Waals surface area contributed by atoms with E-state index in [1.54, 1.807) is 16.9 Å². The first-order valence-corrected chi connectivity index (χ1v) is 6.94. The Morgan fingerprint density at radius 1 is 1.33 bits per heavy atom. The van der Waals surface area contributed by atoms with Crippen LogP contribution in [0.5, 0.6) is 0 Å². The van der Waals surface area contributed by atoms with Crippen molar-refractivity contribution in [1.29, 1.82) is 0 Å². The first-order valence-electron chi connectivity index (χ1n) is 6.94. The van der Waals surface area contributed by atoms with Gasteiger partial charge >= 0.3 is 0 Å². The van der Waals surface area contributed by atoms with Crippen LogP contribution in [0.25, 0.3) is 11.0 Å². The highest BCUT2D eigenvalue weighted by Gasteiger charge is 2.06. The van der Waals surface area contributed by atoms with Crippen molar-refractivity contribution in [1.82, 2.24) is 19.7 Å². The monoisotopic (exact) mass is 283 g/mol. The largest absolute Gasteiger partial charge is 0.342 e. The highest BCUT2D eigenvalue weighted by atomic mass is 16.1. The third kappa shape index (κ3) is 3.28. The molecule has 0 radical (unpaired) electrons. The maximum Gasteiger partial charge on any atom is 0.225 e. The molecule has 108 valence electrons. The number of benzene rings is 1. The Bertz CT molecular complexity index is 725. The number of carbonyl (C=O) groups is 1. The first-order chi connectivity index (χ1) is 10.2. The summed E-state index contributed by atoms with van der Waals surface area (Å²) in [6.45, 7) is 0. The van der Waals surface area contributed by atoms with Gasteiger partial charge in [-0.3, -0.25) is 9.48 Å². The van der Waals surface area contributed by atoms with Crippen molar-refractivity contribution < 1.29 is 4.79 Å². The van der Waals surface area contributed by atoms with Crippen LogP contribution in [-0.2, 0) is 18.3 Å². The van der Waals surface area contributed by atoms with Crippen molar-refractivity contribution >= 4 is 22.8 Å². The second-order valence-electron chi connectivity index (χ2n) is 4.98. The standard InChI is InChI=1S/C15H17N5O/c1-20-10-9-14(19-20)18-15(21)8-4-7-13-16-11-5-2-3-6-12(11)17-13/h2-3,5-6,9-10H,4,7-8H2,1H3,(H,16,17)(H,18,19,21). The molecule has 1 aromatic carbocycles. The minimum Gasteiger partial charge on any atom is -0.342 e. The molecule has 0 fully saturated rings. The number of para-hydroxylation sites is 2. The summed E-state index contributed by atoms with van der Waals surface area (Å²) >= 11 is 0. The maximum atomic E-state index is 11.8. The molecule has 0 aliphatic heterocycles. The van der Waals surface area contributed by atoms with Gasteiger partial charge in [0.1, 0.15) is 5.82 Å². The minimum absolute atomic E-state index is 0.0233. The molecule has 0 saturated carbocycles. The Morgan fingerprint density at radius 2 is 2.19 bits per heavy atom. The van der Waals surface area contributed by atoms with E-state index in [0.29, 0.717) is 12.2 Å². The summed E-state index contributed by atoms with van der Waals surface area (Å²) in [4.78, 5) is 19.6. The molecule has 21 heavy (non-hydrogen) atoms. The van der Waals surface area contributed by atoms with E-state index in [-0.39, 0.29) is 5.91 Å². The summed E-state index contributed by atoms with van der Waals surface area (Å²) in [5.41, 5.74) is 2.00. The molecule has 0 aliphatic rings. The summed E-state index contributed by atoms with van der Waals surface area (Å²) in [6, 6.07) is 9.69. The van der Waals surface area contributed by atoms with E-state index in [2.05, 4.69) is 20.4 Å². The molecule has 3 rings (SSSR count). The maximum absolute atomic E-state index is 11.8. The Morgan fingerprint density at radius 3 is 2.95 bits per heavy atom. The van der Waals surface area contributed by atoms with Crippen molar-refractivity contribution in [2.45, 2.75) is 19.3 Å². The van der Waals surface area contributed by atoms with Gasteiger partial charge in [0.25, 0.3) is 0 Å². The number of imidazole rings is 1. The summed E-state index contributed by atoms with van der Waals surface area (Å²) in [5, 5.41) is 6.89. The van der Waals surface area contributed by atoms with Crippen LogP contribution in [0.3, 0.4) is 0 Å². The van der Waals surface area contributed by atoms with Gasteiger partial charge in [0, 0.05) is 32.2 Å². The first kappa shape index (κ1) is 13.4. The molecular formula is C15H17N5O. The minimum atomic E-state index is -0.0233. The number of hydrogen-bond acceptors (Lipinski definition) is 3. The highest BCUT2D eigenvalue weighted by molar-refractivity contribution is 5.89. The lowest BCUT2D eigenvalue weighted by molar-refractivity contribution is -0.116. The molecule has 0 unspecified atom stereocenters. The molecule has 0 aliphatic carbocycles. The van der Waals surface area contributed by atoms with E-state index in [0.717, 1.165) is 29.7 Å². The van der Waals surface area contributed by atoms with Crippen LogP contribution in [0.1, 0.15) is 18.7 Å². The number of H-pyrrole nitrogens is 1. The third-order valence-corrected chi connectivity index (χ3v) is 3.24. The van der Waals surface area contributed by atoms with Crippen LogP contribution >= 0.6 is 0 Å². The normalized spacial score (nSPS) is 10.9. The predicted octanol–water partition coefficient (Wildman–Crippen LogP) is 2.26. The van der Waals surface area contributed by atoms with Crippen LogP contribution in [0.2, 0.25) is 0 Å². The van der Waals surface area contributed by atoms with Crippen LogP contribution in [0, 0.1) is 0 Å². The van der Waals surface area contributed by atoms with E-state index in [1.165, 1.54) is 0 Å². The number of anilines is 1. The van der Waals surface area contributed by atoms with Crippen molar-refractivity contribution in [3.63, 3.8) is 0 Å². The van der Waals surface area contributed by atoms with Gasteiger partial charge in [0.2, 0.25) is 5.91 Å². The fraction of sp³-hybridized carbons (Fsp3) is 0.267. The molecule has 3 aromatic rings.